The molecular formula is C11H12F3NO2. The Bertz CT molecular complexity index is 423. The van der Waals surface area contributed by atoms with Crippen molar-refractivity contribution in [2.45, 2.75) is 25.6 Å². The van der Waals surface area contributed by atoms with Gasteiger partial charge in [-0.15, -0.1) is 0 Å². The lowest BCUT2D eigenvalue weighted by Gasteiger charge is -2.13. The van der Waals surface area contributed by atoms with E-state index in [0.717, 1.165) is 12.1 Å². The maximum atomic E-state index is 13.4. The van der Waals surface area contributed by atoms with E-state index in [1.165, 1.54) is 0 Å². The second-order valence-electron chi connectivity index (χ2n) is 3.65. The van der Waals surface area contributed by atoms with Crippen molar-refractivity contribution in [1.82, 2.24) is 0 Å². The molecule has 0 saturated carbocycles. The minimum atomic E-state index is -1.18. The van der Waals surface area contributed by atoms with Gasteiger partial charge >= 0.3 is 5.97 Å². The van der Waals surface area contributed by atoms with Crippen molar-refractivity contribution in [1.29, 1.82) is 0 Å². The first-order chi connectivity index (χ1) is 7.95. The van der Waals surface area contributed by atoms with Gasteiger partial charge in [0.05, 0.1) is 0 Å². The fraction of sp³-hybridized carbons (Fsp3) is 0.364. The fourth-order valence-electron chi connectivity index (χ4n) is 1.45. The molecule has 1 atom stereocenters. The highest BCUT2D eigenvalue weighted by molar-refractivity contribution is 5.66. The number of carbonyl (C=O) groups is 1. The predicted molar refractivity (Wildman–Crippen MR) is 55.0 cm³/mol. The lowest BCUT2D eigenvalue weighted by atomic mass is 10.00. The van der Waals surface area contributed by atoms with E-state index in [1.54, 1.807) is 0 Å². The van der Waals surface area contributed by atoms with E-state index in [0.29, 0.717) is 0 Å². The van der Waals surface area contributed by atoms with Crippen LogP contribution in [0.5, 0.6) is 0 Å². The van der Waals surface area contributed by atoms with Crippen LogP contribution in [0.4, 0.5) is 13.2 Å². The predicted octanol–water partition coefficient (Wildman–Crippen LogP) is 2.30. The molecule has 0 bridgehead atoms. The van der Waals surface area contributed by atoms with Crippen LogP contribution in [0.3, 0.4) is 0 Å². The average Bonchev–Trinajstić information content (AvgIpc) is 2.29. The molecule has 0 aliphatic rings. The van der Waals surface area contributed by atoms with E-state index >= 15 is 0 Å². The minimum Gasteiger partial charge on any atom is -0.481 e. The van der Waals surface area contributed by atoms with Gasteiger partial charge in [-0.3, -0.25) is 4.79 Å². The van der Waals surface area contributed by atoms with Crippen molar-refractivity contribution in [2.24, 2.45) is 5.73 Å². The molecular weight excluding hydrogens is 235 g/mol. The molecule has 6 heteroatoms. The highest BCUT2D eigenvalue weighted by atomic mass is 19.2. The van der Waals surface area contributed by atoms with Crippen LogP contribution < -0.4 is 5.73 Å². The number of nitrogens with two attached hydrogens (primary N) is 1. The largest absolute Gasteiger partial charge is 0.481 e. The van der Waals surface area contributed by atoms with Gasteiger partial charge in [0.2, 0.25) is 0 Å². The molecule has 0 fully saturated rings. The maximum absolute atomic E-state index is 13.4. The first-order valence-corrected chi connectivity index (χ1v) is 4.97. The third-order valence-electron chi connectivity index (χ3n) is 2.34. The number of benzene rings is 1. The van der Waals surface area contributed by atoms with Crippen LogP contribution in [0.2, 0.25) is 0 Å². The molecule has 1 rings (SSSR count). The lowest BCUT2D eigenvalue weighted by molar-refractivity contribution is -0.137. The number of alkyl halides is 1. The van der Waals surface area contributed by atoms with Crippen molar-refractivity contribution >= 4 is 5.97 Å². The number of rotatable bonds is 5. The Balaban J connectivity index is 2.95. The third-order valence-corrected chi connectivity index (χ3v) is 2.34. The fourth-order valence-corrected chi connectivity index (χ4v) is 1.45. The highest BCUT2D eigenvalue weighted by Gasteiger charge is 2.17. The summed E-state index contributed by atoms with van der Waals surface area (Å²) in [6, 6.07) is 0.903. The van der Waals surface area contributed by atoms with E-state index in [2.05, 4.69) is 0 Å². The van der Waals surface area contributed by atoms with Gasteiger partial charge in [0, 0.05) is 18.0 Å². The monoisotopic (exact) mass is 247 g/mol. The smallest absolute Gasteiger partial charge is 0.303 e. The van der Waals surface area contributed by atoms with Crippen molar-refractivity contribution in [3.8, 4) is 0 Å². The Morgan fingerprint density at radius 3 is 2.59 bits per heavy atom. The van der Waals surface area contributed by atoms with Crippen LogP contribution in [-0.4, -0.2) is 11.1 Å². The summed E-state index contributed by atoms with van der Waals surface area (Å²) < 4.78 is 38.8. The summed E-state index contributed by atoms with van der Waals surface area (Å²) in [5, 5.41) is 8.45. The highest BCUT2D eigenvalue weighted by Crippen LogP contribution is 2.23. The minimum absolute atomic E-state index is 0.0234. The number of halogens is 3. The second-order valence-corrected chi connectivity index (χ2v) is 3.65. The molecule has 1 aromatic carbocycles. The van der Waals surface area contributed by atoms with Crippen LogP contribution in [0.25, 0.3) is 0 Å². The molecule has 0 aliphatic heterocycles. The van der Waals surface area contributed by atoms with Crippen LogP contribution in [0.1, 0.15) is 30.0 Å². The van der Waals surface area contributed by atoms with Crippen LogP contribution in [-0.2, 0) is 11.5 Å². The van der Waals surface area contributed by atoms with Gasteiger partial charge in [0.25, 0.3) is 0 Å². The molecule has 0 aromatic heterocycles. The molecule has 1 unspecified atom stereocenters. The van der Waals surface area contributed by atoms with Gasteiger partial charge in [-0.1, -0.05) is 0 Å². The van der Waals surface area contributed by atoms with Gasteiger partial charge in [-0.05, 0) is 24.1 Å². The van der Waals surface area contributed by atoms with E-state index in [-0.39, 0.29) is 24.0 Å². The zero-order valence-corrected chi connectivity index (χ0v) is 8.92. The Hall–Kier alpha value is -1.56. The number of hydrogen-bond donors (Lipinski definition) is 2. The molecule has 0 heterocycles. The van der Waals surface area contributed by atoms with Gasteiger partial charge in [0.1, 0.15) is 6.67 Å². The van der Waals surface area contributed by atoms with Crippen molar-refractivity contribution in [3.63, 3.8) is 0 Å². The quantitative estimate of drug-likeness (QED) is 0.839. The first-order valence-electron chi connectivity index (χ1n) is 4.97. The topological polar surface area (TPSA) is 63.3 Å². The zero-order valence-electron chi connectivity index (χ0n) is 8.92. The average molecular weight is 247 g/mol. The SMILES string of the molecule is NC(CCC(=O)O)c1cc(CF)cc(F)c1F. The first kappa shape index (κ1) is 13.5. The molecule has 3 nitrogen and oxygen atoms in total. The van der Waals surface area contributed by atoms with Gasteiger partial charge in [0.15, 0.2) is 11.6 Å². The molecule has 0 amide bonds. The summed E-state index contributed by atoms with van der Waals surface area (Å²) in [5.41, 5.74) is 5.33. The molecule has 17 heavy (non-hydrogen) atoms. The number of carboxylic acids is 1. The van der Waals surface area contributed by atoms with Gasteiger partial charge < -0.3 is 10.8 Å². The van der Waals surface area contributed by atoms with E-state index in [9.17, 15) is 18.0 Å². The van der Waals surface area contributed by atoms with Crippen LogP contribution in [0, 0.1) is 11.6 Å². The number of aliphatic carboxylic acids is 1. The van der Waals surface area contributed by atoms with Gasteiger partial charge in [-0.25, -0.2) is 13.2 Å². The van der Waals surface area contributed by atoms with E-state index in [4.69, 9.17) is 10.8 Å². The summed E-state index contributed by atoms with van der Waals surface area (Å²) >= 11 is 0. The summed E-state index contributed by atoms with van der Waals surface area (Å²) in [7, 11) is 0. The summed E-state index contributed by atoms with van der Waals surface area (Å²) in [6.07, 6.45) is -0.302. The molecule has 94 valence electrons. The van der Waals surface area contributed by atoms with E-state index in [1.807, 2.05) is 0 Å². The number of carboxylic acid groups (broad SMARTS) is 1. The molecule has 0 spiro atoms. The van der Waals surface area contributed by atoms with Crippen molar-refractivity contribution in [3.05, 3.63) is 34.9 Å². The van der Waals surface area contributed by atoms with Crippen molar-refractivity contribution < 1.29 is 23.1 Å². The molecule has 0 radical (unpaired) electrons. The maximum Gasteiger partial charge on any atom is 0.303 e. The Kier molecular flexibility index (Phi) is 4.51. The third kappa shape index (κ3) is 3.45. The van der Waals surface area contributed by atoms with Crippen LogP contribution in [0.15, 0.2) is 12.1 Å². The normalized spacial score (nSPS) is 12.5. The Morgan fingerprint density at radius 2 is 2.06 bits per heavy atom. The van der Waals surface area contributed by atoms with Gasteiger partial charge in [-0.2, -0.15) is 0 Å². The Labute approximate surface area is 96.0 Å². The standard InChI is InChI=1S/C11H12F3NO2/c12-5-6-3-7(11(14)8(13)4-6)9(15)1-2-10(16)17/h3-4,9H,1-2,5,15H2,(H,16,17). The number of hydrogen-bond acceptors (Lipinski definition) is 2. The second kappa shape index (κ2) is 5.67. The Morgan fingerprint density at radius 1 is 1.41 bits per heavy atom. The molecule has 1 aromatic rings. The molecule has 0 aliphatic carbocycles. The summed E-state index contributed by atoms with van der Waals surface area (Å²) in [5.74, 6) is -3.41. The lowest BCUT2D eigenvalue weighted by Crippen LogP contribution is -2.15. The zero-order chi connectivity index (χ0) is 13.0. The molecule has 0 saturated heterocycles. The summed E-state index contributed by atoms with van der Waals surface area (Å²) in [4.78, 5) is 10.3. The molecule has 3 N–H and O–H groups in total. The van der Waals surface area contributed by atoms with Crippen LogP contribution >= 0.6 is 0 Å². The van der Waals surface area contributed by atoms with E-state index < -0.39 is 30.3 Å². The van der Waals surface area contributed by atoms with Crippen molar-refractivity contribution in [2.75, 3.05) is 0 Å². The summed E-state index contributed by atoms with van der Waals surface area (Å²) in [6.45, 7) is -0.935.